The van der Waals surface area contributed by atoms with Crippen molar-refractivity contribution in [3.63, 3.8) is 0 Å². The van der Waals surface area contributed by atoms with Crippen LogP contribution in [0.5, 0.6) is 0 Å². The van der Waals surface area contributed by atoms with Crippen molar-refractivity contribution in [2.24, 2.45) is 11.7 Å². The van der Waals surface area contributed by atoms with Gasteiger partial charge in [-0.05, 0) is 32.6 Å². The Labute approximate surface area is 97.1 Å². The van der Waals surface area contributed by atoms with Gasteiger partial charge in [0, 0.05) is 25.6 Å². The summed E-state index contributed by atoms with van der Waals surface area (Å²) in [6.07, 6.45) is 3.19. The van der Waals surface area contributed by atoms with Gasteiger partial charge in [0.15, 0.2) is 0 Å². The minimum atomic E-state index is 0.0703. The van der Waals surface area contributed by atoms with Crippen LogP contribution >= 0.6 is 0 Å². The van der Waals surface area contributed by atoms with Gasteiger partial charge < -0.3 is 15.4 Å². The molecule has 2 aliphatic rings. The number of ether oxygens (including phenoxy) is 1. The number of hydrogen-bond acceptors (Lipinski definition) is 3. The van der Waals surface area contributed by atoms with Crippen LogP contribution in [0.15, 0.2) is 0 Å². The van der Waals surface area contributed by atoms with E-state index in [0.29, 0.717) is 25.4 Å². The topological polar surface area (TPSA) is 55.6 Å². The lowest BCUT2D eigenvalue weighted by atomic mass is 10.1. The van der Waals surface area contributed by atoms with Crippen molar-refractivity contribution in [3.8, 4) is 0 Å². The number of nitrogens with zero attached hydrogens (tertiary/aromatic N) is 1. The minimum Gasteiger partial charge on any atom is -0.372 e. The molecule has 2 N–H and O–H groups in total. The summed E-state index contributed by atoms with van der Waals surface area (Å²) < 4.78 is 5.61. The van der Waals surface area contributed by atoms with Gasteiger partial charge in [-0.2, -0.15) is 0 Å². The zero-order valence-corrected chi connectivity index (χ0v) is 10.2. The molecule has 3 atom stereocenters. The van der Waals surface area contributed by atoms with E-state index in [1.165, 1.54) is 12.8 Å². The molecule has 0 aromatic heterocycles. The minimum absolute atomic E-state index is 0.0703. The van der Waals surface area contributed by atoms with Gasteiger partial charge in [0.2, 0.25) is 5.91 Å². The van der Waals surface area contributed by atoms with Gasteiger partial charge in [-0.3, -0.25) is 4.79 Å². The number of morpholine rings is 1. The summed E-state index contributed by atoms with van der Waals surface area (Å²) in [5.41, 5.74) is 5.98. The van der Waals surface area contributed by atoms with Crippen LogP contribution in [-0.4, -0.2) is 42.1 Å². The molecule has 0 aromatic rings. The lowest BCUT2D eigenvalue weighted by Crippen LogP contribution is -2.49. The average Bonchev–Trinajstić information content (AvgIpc) is 2.98. The second-order valence-electron chi connectivity index (χ2n) is 5.26. The molecule has 1 aliphatic heterocycles. The van der Waals surface area contributed by atoms with Gasteiger partial charge in [-0.15, -0.1) is 0 Å². The standard InChI is InChI=1S/C12H22N2O2/c1-8-6-14(7-9(2)16-8)12(15)5-11(13)10-3-4-10/h8-11H,3-7,13H2,1-2H3/t8-,9+,11?. The highest BCUT2D eigenvalue weighted by molar-refractivity contribution is 5.77. The molecule has 0 radical (unpaired) electrons. The van der Waals surface area contributed by atoms with E-state index in [-0.39, 0.29) is 24.2 Å². The summed E-state index contributed by atoms with van der Waals surface area (Å²) >= 11 is 0. The SMILES string of the molecule is C[C@@H]1CN(C(=O)CC(N)C2CC2)C[C@H](C)O1. The molecule has 2 fully saturated rings. The second-order valence-corrected chi connectivity index (χ2v) is 5.26. The van der Waals surface area contributed by atoms with Gasteiger partial charge in [-0.25, -0.2) is 0 Å². The lowest BCUT2D eigenvalue weighted by molar-refractivity contribution is -0.143. The quantitative estimate of drug-likeness (QED) is 0.772. The molecule has 1 heterocycles. The van der Waals surface area contributed by atoms with E-state index in [1.54, 1.807) is 0 Å². The van der Waals surface area contributed by atoms with E-state index in [0.717, 1.165) is 0 Å². The largest absolute Gasteiger partial charge is 0.372 e. The zero-order chi connectivity index (χ0) is 11.7. The molecular formula is C12H22N2O2. The maximum atomic E-state index is 12.0. The normalized spacial score (nSPS) is 32.6. The number of rotatable bonds is 3. The van der Waals surface area contributed by atoms with Crippen LogP contribution in [0.2, 0.25) is 0 Å². The van der Waals surface area contributed by atoms with Crippen molar-refractivity contribution in [2.45, 2.75) is 51.4 Å². The molecule has 92 valence electrons. The Morgan fingerprint density at radius 3 is 2.44 bits per heavy atom. The molecule has 4 nitrogen and oxygen atoms in total. The molecule has 1 amide bonds. The second kappa shape index (κ2) is 4.72. The summed E-state index contributed by atoms with van der Waals surface area (Å²) in [6, 6.07) is 0.0703. The van der Waals surface area contributed by atoms with E-state index in [1.807, 2.05) is 18.7 Å². The third kappa shape index (κ3) is 2.95. The first-order valence-electron chi connectivity index (χ1n) is 6.25. The number of nitrogens with two attached hydrogens (primary N) is 1. The van der Waals surface area contributed by atoms with Gasteiger partial charge in [0.1, 0.15) is 0 Å². The predicted octanol–water partition coefficient (Wildman–Crippen LogP) is 0.750. The van der Waals surface area contributed by atoms with Crippen molar-refractivity contribution < 1.29 is 9.53 Å². The van der Waals surface area contributed by atoms with Crippen LogP contribution in [-0.2, 0) is 9.53 Å². The Morgan fingerprint density at radius 2 is 1.94 bits per heavy atom. The van der Waals surface area contributed by atoms with E-state index in [2.05, 4.69) is 0 Å². The summed E-state index contributed by atoms with van der Waals surface area (Å²) in [4.78, 5) is 13.9. The molecular weight excluding hydrogens is 204 g/mol. The van der Waals surface area contributed by atoms with Crippen LogP contribution in [0.25, 0.3) is 0 Å². The molecule has 1 saturated carbocycles. The lowest BCUT2D eigenvalue weighted by Gasteiger charge is -2.35. The third-order valence-electron chi connectivity index (χ3n) is 3.41. The number of carbonyl (C=O) groups excluding carboxylic acids is 1. The molecule has 0 bridgehead atoms. The molecule has 2 rings (SSSR count). The Balaban J connectivity index is 1.83. The van der Waals surface area contributed by atoms with E-state index >= 15 is 0 Å². The van der Waals surface area contributed by atoms with E-state index in [4.69, 9.17) is 10.5 Å². The molecule has 1 unspecified atom stereocenters. The molecule has 1 aliphatic carbocycles. The van der Waals surface area contributed by atoms with E-state index < -0.39 is 0 Å². The van der Waals surface area contributed by atoms with Crippen LogP contribution in [0.3, 0.4) is 0 Å². The van der Waals surface area contributed by atoms with Crippen molar-refractivity contribution in [1.82, 2.24) is 4.90 Å². The Morgan fingerprint density at radius 1 is 1.38 bits per heavy atom. The van der Waals surface area contributed by atoms with Crippen molar-refractivity contribution >= 4 is 5.91 Å². The monoisotopic (exact) mass is 226 g/mol. The van der Waals surface area contributed by atoms with Crippen LogP contribution in [0, 0.1) is 5.92 Å². The average molecular weight is 226 g/mol. The first kappa shape index (κ1) is 11.9. The molecule has 0 spiro atoms. The molecule has 1 saturated heterocycles. The molecule has 4 heteroatoms. The van der Waals surface area contributed by atoms with E-state index in [9.17, 15) is 4.79 Å². The van der Waals surface area contributed by atoms with Crippen LogP contribution in [0.4, 0.5) is 0 Å². The molecule has 16 heavy (non-hydrogen) atoms. The maximum absolute atomic E-state index is 12.0. The summed E-state index contributed by atoms with van der Waals surface area (Å²) in [6.45, 7) is 5.44. The summed E-state index contributed by atoms with van der Waals surface area (Å²) in [5, 5.41) is 0. The Kier molecular flexibility index (Phi) is 3.50. The van der Waals surface area contributed by atoms with Crippen LogP contribution in [0.1, 0.15) is 33.1 Å². The first-order valence-corrected chi connectivity index (χ1v) is 6.25. The summed E-state index contributed by atoms with van der Waals surface area (Å²) in [5.74, 6) is 0.793. The highest BCUT2D eigenvalue weighted by Gasteiger charge is 2.32. The Hall–Kier alpha value is -0.610. The van der Waals surface area contributed by atoms with Crippen molar-refractivity contribution in [3.05, 3.63) is 0 Å². The maximum Gasteiger partial charge on any atom is 0.224 e. The number of hydrogen-bond donors (Lipinski definition) is 1. The summed E-state index contributed by atoms with van der Waals surface area (Å²) in [7, 11) is 0. The fraction of sp³-hybridized carbons (Fsp3) is 0.917. The van der Waals surface area contributed by atoms with Crippen LogP contribution < -0.4 is 5.73 Å². The van der Waals surface area contributed by atoms with Gasteiger partial charge in [-0.1, -0.05) is 0 Å². The number of carbonyl (C=O) groups is 1. The number of amides is 1. The zero-order valence-electron chi connectivity index (χ0n) is 10.2. The highest BCUT2D eigenvalue weighted by Crippen LogP contribution is 2.33. The fourth-order valence-electron chi connectivity index (χ4n) is 2.40. The molecule has 0 aromatic carbocycles. The van der Waals surface area contributed by atoms with Crippen molar-refractivity contribution in [2.75, 3.05) is 13.1 Å². The third-order valence-corrected chi connectivity index (χ3v) is 3.41. The van der Waals surface area contributed by atoms with Gasteiger partial charge in [0.25, 0.3) is 0 Å². The predicted molar refractivity (Wildman–Crippen MR) is 61.9 cm³/mol. The Bertz CT molecular complexity index is 256. The smallest absolute Gasteiger partial charge is 0.224 e. The van der Waals surface area contributed by atoms with Gasteiger partial charge in [0.05, 0.1) is 12.2 Å². The fourth-order valence-corrected chi connectivity index (χ4v) is 2.40. The van der Waals surface area contributed by atoms with Crippen molar-refractivity contribution in [1.29, 1.82) is 0 Å². The highest BCUT2D eigenvalue weighted by atomic mass is 16.5. The van der Waals surface area contributed by atoms with Gasteiger partial charge >= 0.3 is 0 Å². The first-order chi connectivity index (χ1) is 7.56.